The van der Waals surface area contributed by atoms with E-state index >= 15 is 0 Å². The number of carbonyl (C=O) groups is 1. The number of hydrogen-bond donors (Lipinski definition) is 1. The number of amides is 1. The Kier molecular flexibility index (Phi) is 5.99. The number of ether oxygens (including phenoxy) is 1. The van der Waals surface area contributed by atoms with Crippen LogP contribution in [-0.4, -0.2) is 25.7 Å². The normalized spacial score (nSPS) is 19.1. The first-order chi connectivity index (χ1) is 8.25. The quantitative estimate of drug-likeness (QED) is 0.588. The summed E-state index contributed by atoms with van der Waals surface area (Å²) in [6, 6.07) is 2.25. The van der Waals surface area contributed by atoms with Crippen LogP contribution in [0.4, 0.5) is 0 Å². The van der Waals surface area contributed by atoms with Gasteiger partial charge >= 0.3 is 0 Å². The molecule has 4 nitrogen and oxygen atoms in total. The predicted octanol–water partition coefficient (Wildman–Crippen LogP) is 2.00. The minimum absolute atomic E-state index is 0.110. The van der Waals surface area contributed by atoms with Crippen LogP contribution in [0.25, 0.3) is 0 Å². The molecule has 1 fully saturated rings. The SMILES string of the molecule is CCOCCNC(=O)C1(C#N)CCCCCC1. The summed E-state index contributed by atoms with van der Waals surface area (Å²) >= 11 is 0. The molecule has 1 amide bonds. The van der Waals surface area contributed by atoms with E-state index < -0.39 is 5.41 Å². The largest absolute Gasteiger partial charge is 0.380 e. The van der Waals surface area contributed by atoms with Gasteiger partial charge in [-0.25, -0.2) is 0 Å². The van der Waals surface area contributed by atoms with E-state index in [2.05, 4.69) is 11.4 Å². The van der Waals surface area contributed by atoms with Crippen LogP contribution in [0.5, 0.6) is 0 Å². The van der Waals surface area contributed by atoms with Gasteiger partial charge in [-0.1, -0.05) is 25.7 Å². The van der Waals surface area contributed by atoms with Gasteiger partial charge in [0.2, 0.25) is 5.91 Å². The molecule has 4 heteroatoms. The molecule has 0 spiro atoms. The zero-order chi connectivity index (χ0) is 12.6. The molecule has 0 heterocycles. The Morgan fingerprint density at radius 1 is 1.35 bits per heavy atom. The van der Waals surface area contributed by atoms with E-state index in [4.69, 9.17) is 4.74 Å². The van der Waals surface area contributed by atoms with Gasteiger partial charge in [-0.05, 0) is 19.8 Å². The van der Waals surface area contributed by atoms with E-state index in [-0.39, 0.29) is 5.91 Å². The molecule has 0 bridgehead atoms. The minimum Gasteiger partial charge on any atom is -0.380 e. The van der Waals surface area contributed by atoms with E-state index in [9.17, 15) is 10.1 Å². The van der Waals surface area contributed by atoms with Gasteiger partial charge in [0.05, 0.1) is 12.7 Å². The predicted molar refractivity (Wildman–Crippen MR) is 65.3 cm³/mol. The second-order valence-electron chi connectivity index (χ2n) is 4.56. The summed E-state index contributed by atoms with van der Waals surface area (Å²) in [5.41, 5.74) is -0.789. The molecule has 96 valence electrons. The van der Waals surface area contributed by atoms with Gasteiger partial charge in [-0.15, -0.1) is 0 Å². The van der Waals surface area contributed by atoms with Crippen molar-refractivity contribution in [1.82, 2.24) is 5.32 Å². The van der Waals surface area contributed by atoms with Crippen molar-refractivity contribution in [2.24, 2.45) is 5.41 Å². The van der Waals surface area contributed by atoms with Crippen LogP contribution in [0.1, 0.15) is 45.4 Å². The lowest BCUT2D eigenvalue weighted by molar-refractivity contribution is -0.129. The van der Waals surface area contributed by atoms with Crippen molar-refractivity contribution in [3.05, 3.63) is 0 Å². The zero-order valence-electron chi connectivity index (χ0n) is 10.6. The Balaban J connectivity index is 2.47. The third-order valence-corrected chi connectivity index (χ3v) is 3.34. The molecule has 1 N–H and O–H groups in total. The maximum absolute atomic E-state index is 12.1. The lowest BCUT2D eigenvalue weighted by Gasteiger charge is -2.23. The average molecular weight is 238 g/mol. The fourth-order valence-corrected chi connectivity index (χ4v) is 2.27. The lowest BCUT2D eigenvalue weighted by atomic mass is 9.81. The number of carbonyl (C=O) groups excluding carboxylic acids is 1. The van der Waals surface area contributed by atoms with Crippen LogP contribution in [0.3, 0.4) is 0 Å². The highest BCUT2D eigenvalue weighted by Crippen LogP contribution is 2.34. The van der Waals surface area contributed by atoms with Gasteiger partial charge in [0.15, 0.2) is 0 Å². The summed E-state index contributed by atoms with van der Waals surface area (Å²) in [4.78, 5) is 12.1. The number of hydrogen-bond acceptors (Lipinski definition) is 3. The number of nitrogens with zero attached hydrogens (tertiary/aromatic N) is 1. The topological polar surface area (TPSA) is 62.1 Å². The minimum atomic E-state index is -0.789. The number of nitrogens with one attached hydrogen (secondary N) is 1. The molecular formula is C13H22N2O2. The molecule has 17 heavy (non-hydrogen) atoms. The van der Waals surface area contributed by atoms with Crippen LogP contribution in [0, 0.1) is 16.7 Å². The van der Waals surface area contributed by atoms with Crippen molar-refractivity contribution in [1.29, 1.82) is 5.26 Å². The molecule has 0 atom stereocenters. The molecule has 1 saturated carbocycles. The summed E-state index contributed by atoms with van der Waals surface area (Å²) < 4.78 is 5.16. The average Bonchev–Trinajstić information content (AvgIpc) is 2.60. The molecule has 1 aliphatic carbocycles. The smallest absolute Gasteiger partial charge is 0.240 e. The molecule has 0 aromatic heterocycles. The molecule has 0 aromatic rings. The molecular weight excluding hydrogens is 216 g/mol. The molecule has 0 aliphatic heterocycles. The zero-order valence-corrected chi connectivity index (χ0v) is 10.6. The summed E-state index contributed by atoms with van der Waals surface area (Å²) in [5, 5.41) is 12.1. The van der Waals surface area contributed by atoms with Crippen molar-refractivity contribution in [2.75, 3.05) is 19.8 Å². The van der Waals surface area contributed by atoms with Crippen LogP contribution >= 0.6 is 0 Å². The van der Waals surface area contributed by atoms with Crippen LogP contribution in [0.15, 0.2) is 0 Å². The van der Waals surface area contributed by atoms with Gasteiger partial charge < -0.3 is 10.1 Å². The van der Waals surface area contributed by atoms with Crippen molar-refractivity contribution < 1.29 is 9.53 Å². The van der Waals surface area contributed by atoms with Gasteiger partial charge in [-0.3, -0.25) is 4.79 Å². The maximum atomic E-state index is 12.1. The van der Waals surface area contributed by atoms with Crippen molar-refractivity contribution >= 4 is 5.91 Å². The highest BCUT2D eigenvalue weighted by Gasteiger charge is 2.38. The Morgan fingerprint density at radius 2 is 2.00 bits per heavy atom. The van der Waals surface area contributed by atoms with Crippen molar-refractivity contribution in [3.63, 3.8) is 0 Å². The fourth-order valence-electron chi connectivity index (χ4n) is 2.27. The first-order valence-corrected chi connectivity index (χ1v) is 6.52. The fraction of sp³-hybridized carbons (Fsp3) is 0.846. The third kappa shape index (κ3) is 4.01. The Hall–Kier alpha value is -1.08. The maximum Gasteiger partial charge on any atom is 0.240 e. The number of rotatable bonds is 5. The van der Waals surface area contributed by atoms with E-state index in [1.54, 1.807) is 0 Å². The molecule has 1 rings (SSSR count). The lowest BCUT2D eigenvalue weighted by Crippen LogP contribution is -2.41. The Bertz CT molecular complexity index is 276. The van der Waals surface area contributed by atoms with Gasteiger partial charge in [-0.2, -0.15) is 5.26 Å². The Labute approximate surface area is 103 Å². The van der Waals surface area contributed by atoms with E-state index in [0.717, 1.165) is 25.7 Å². The van der Waals surface area contributed by atoms with E-state index in [1.807, 2.05) is 6.92 Å². The molecule has 0 aromatic carbocycles. The Morgan fingerprint density at radius 3 is 2.53 bits per heavy atom. The highest BCUT2D eigenvalue weighted by atomic mass is 16.5. The summed E-state index contributed by atoms with van der Waals surface area (Å²) in [6.07, 6.45) is 5.62. The third-order valence-electron chi connectivity index (χ3n) is 3.34. The van der Waals surface area contributed by atoms with Crippen LogP contribution in [0.2, 0.25) is 0 Å². The molecule has 0 unspecified atom stereocenters. The summed E-state index contributed by atoms with van der Waals surface area (Å²) in [7, 11) is 0. The first-order valence-electron chi connectivity index (χ1n) is 6.52. The van der Waals surface area contributed by atoms with E-state index in [1.165, 1.54) is 0 Å². The van der Waals surface area contributed by atoms with Crippen molar-refractivity contribution in [3.8, 4) is 6.07 Å². The van der Waals surface area contributed by atoms with E-state index in [0.29, 0.717) is 32.6 Å². The monoisotopic (exact) mass is 238 g/mol. The van der Waals surface area contributed by atoms with Crippen LogP contribution in [-0.2, 0) is 9.53 Å². The number of nitriles is 1. The van der Waals surface area contributed by atoms with Gasteiger partial charge in [0.25, 0.3) is 0 Å². The molecule has 0 saturated heterocycles. The van der Waals surface area contributed by atoms with Crippen LogP contribution < -0.4 is 5.32 Å². The standard InChI is InChI=1S/C13H22N2O2/c1-2-17-10-9-15-12(16)13(11-14)7-5-3-4-6-8-13/h2-10H2,1H3,(H,15,16). The highest BCUT2D eigenvalue weighted by molar-refractivity contribution is 5.85. The molecule has 0 radical (unpaired) electrons. The van der Waals surface area contributed by atoms with Crippen molar-refractivity contribution in [2.45, 2.75) is 45.4 Å². The molecule has 1 aliphatic rings. The summed E-state index contributed by atoms with van der Waals surface area (Å²) in [6.45, 7) is 3.59. The van der Waals surface area contributed by atoms with Gasteiger partial charge in [0.1, 0.15) is 5.41 Å². The second-order valence-corrected chi connectivity index (χ2v) is 4.56. The van der Waals surface area contributed by atoms with Gasteiger partial charge in [0, 0.05) is 13.2 Å². The first kappa shape index (κ1) is 14.0. The second kappa shape index (κ2) is 7.29. The summed E-state index contributed by atoms with van der Waals surface area (Å²) in [5.74, 6) is -0.110.